The molecule has 2 aromatic carbocycles. The number of likely N-dealkylation sites (N-methyl/N-ethyl adjacent to an activating group) is 1. The summed E-state index contributed by atoms with van der Waals surface area (Å²) in [6.07, 6.45) is 0. The average Bonchev–Trinajstić information content (AvgIpc) is 2.80. The molecular weight excluding hydrogens is 424 g/mol. The minimum atomic E-state index is -0.737. The van der Waals surface area contributed by atoms with E-state index >= 15 is 0 Å². The number of aliphatic hydroxyl groups is 1. The highest BCUT2D eigenvalue weighted by Crippen LogP contribution is 2.27. The number of aryl methyl sites for hydroxylation is 1. The number of ether oxygens (including phenoxy) is 1. The van der Waals surface area contributed by atoms with E-state index in [1.165, 1.54) is 35.9 Å². The van der Waals surface area contributed by atoms with Crippen LogP contribution in [-0.4, -0.2) is 66.1 Å². The molecule has 0 bridgehead atoms. The van der Waals surface area contributed by atoms with Crippen LogP contribution in [0.2, 0.25) is 0 Å². The molecule has 0 aliphatic heterocycles. The van der Waals surface area contributed by atoms with E-state index in [1.807, 2.05) is 0 Å². The number of nitrogens with zero attached hydrogens (tertiary/aromatic N) is 4. The molecule has 0 aliphatic rings. The molecule has 0 saturated heterocycles. The van der Waals surface area contributed by atoms with Gasteiger partial charge in [-0.1, -0.05) is 6.07 Å². The number of amides is 2. The summed E-state index contributed by atoms with van der Waals surface area (Å²) in [7, 11) is 4.74. The summed E-state index contributed by atoms with van der Waals surface area (Å²) in [5.41, 5.74) is 0.251. The van der Waals surface area contributed by atoms with Crippen LogP contribution in [0.1, 0.15) is 27.0 Å². The predicted octanol–water partition coefficient (Wildman–Crippen LogP) is 2.60. The molecule has 0 saturated carbocycles. The van der Waals surface area contributed by atoms with Gasteiger partial charge in [-0.25, -0.2) is 0 Å². The van der Waals surface area contributed by atoms with Crippen LogP contribution in [0, 0.1) is 29.6 Å². The molecule has 0 aromatic heterocycles. The minimum absolute atomic E-state index is 0.0683. The Morgan fingerprint density at radius 1 is 1.09 bits per heavy atom. The number of nitriles is 2. The lowest BCUT2D eigenvalue weighted by atomic mass is 10.0. The molecule has 9 nitrogen and oxygen atoms in total. The summed E-state index contributed by atoms with van der Waals surface area (Å²) < 4.78 is 5.63. The Morgan fingerprint density at radius 3 is 2.39 bits per heavy atom. The molecule has 2 aromatic rings. The highest BCUT2D eigenvalue weighted by Gasteiger charge is 2.22. The van der Waals surface area contributed by atoms with Gasteiger partial charge in [0.25, 0.3) is 11.8 Å². The molecule has 9 heteroatoms. The molecule has 0 unspecified atom stereocenters. The van der Waals surface area contributed by atoms with Crippen molar-refractivity contribution in [3.8, 4) is 23.6 Å². The second-order valence-electron chi connectivity index (χ2n) is 7.44. The van der Waals surface area contributed by atoms with Crippen LogP contribution in [0.5, 0.6) is 11.5 Å². The van der Waals surface area contributed by atoms with E-state index in [0.717, 1.165) is 0 Å². The molecule has 0 atom stereocenters. The van der Waals surface area contributed by atoms with Gasteiger partial charge in [-0.05, 0) is 42.8 Å². The van der Waals surface area contributed by atoms with Crippen molar-refractivity contribution in [2.45, 2.75) is 6.92 Å². The summed E-state index contributed by atoms with van der Waals surface area (Å²) >= 11 is 0. The maximum Gasteiger partial charge on any atom is 0.268 e. The fourth-order valence-electron chi connectivity index (χ4n) is 2.92. The van der Waals surface area contributed by atoms with Crippen LogP contribution in [0.3, 0.4) is 0 Å². The van der Waals surface area contributed by atoms with Crippen LogP contribution in [-0.2, 0) is 4.79 Å². The Hall–Kier alpha value is -4.50. The second kappa shape index (κ2) is 10.7. The summed E-state index contributed by atoms with van der Waals surface area (Å²) in [6.45, 7) is 1.71. The topological polar surface area (TPSA) is 138 Å². The summed E-state index contributed by atoms with van der Waals surface area (Å²) in [6, 6.07) is 12.7. The zero-order valence-corrected chi connectivity index (χ0v) is 18.8. The molecular formula is C24H24N4O5. The lowest BCUT2D eigenvalue weighted by Crippen LogP contribution is -2.32. The fourth-order valence-corrected chi connectivity index (χ4v) is 2.92. The van der Waals surface area contributed by atoms with Crippen molar-refractivity contribution in [1.29, 1.82) is 10.5 Å². The Kier molecular flexibility index (Phi) is 8.02. The number of phenols is 1. The smallest absolute Gasteiger partial charge is 0.268 e. The quantitative estimate of drug-likeness (QED) is 0.377. The van der Waals surface area contributed by atoms with Gasteiger partial charge in [0.05, 0.1) is 12.1 Å². The number of hydrogen-bond donors (Lipinski definition) is 2. The largest absolute Gasteiger partial charge is 0.506 e. The number of hydrogen-bond acceptors (Lipinski definition) is 7. The van der Waals surface area contributed by atoms with E-state index < -0.39 is 17.2 Å². The number of benzene rings is 2. The van der Waals surface area contributed by atoms with Gasteiger partial charge in [-0.15, -0.1) is 0 Å². The van der Waals surface area contributed by atoms with Gasteiger partial charge in [-0.2, -0.15) is 10.5 Å². The fraction of sp³-hybridized carbons (Fsp3) is 0.250. The second-order valence-corrected chi connectivity index (χ2v) is 7.44. The van der Waals surface area contributed by atoms with E-state index in [0.29, 0.717) is 16.9 Å². The monoisotopic (exact) mass is 448 g/mol. The first-order chi connectivity index (χ1) is 15.6. The Balaban J connectivity index is 2.13. The minimum Gasteiger partial charge on any atom is -0.506 e. The number of phenolic OH excluding ortho intramolecular Hbond substituents is 1. The van der Waals surface area contributed by atoms with Gasteiger partial charge in [0, 0.05) is 32.3 Å². The Bertz CT molecular complexity index is 1190. The number of rotatable bonds is 7. The predicted molar refractivity (Wildman–Crippen MR) is 120 cm³/mol. The van der Waals surface area contributed by atoms with Gasteiger partial charge < -0.3 is 24.7 Å². The van der Waals surface area contributed by atoms with Crippen molar-refractivity contribution in [1.82, 2.24) is 9.80 Å². The molecule has 2 N–H and O–H groups in total. The zero-order chi connectivity index (χ0) is 24.7. The van der Waals surface area contributed by atoms with Crippen molar-refractivity contribution in [3.05, 3.63) is 64.2 Å². The third-order valence-electron chi connectivity index (χ3n) is 4.79. The third-order valence-corrected chi connectivity index (χ3v) is 4.79. The molecule has 2 amide bonds. The van der Waals surface area contributed by atoms with E-state index in [1.54, 1.807) is 50.5 Å². The average molecular weight is 448 g/mol. The summed E-state index contributed by atoms with van der Waals surface area (Å²) in [4.78, 5) is 27.4. The lowest BCUT2D eigenvalue weighted by molar-refractivity contribution is -0.125. The highest BCUT2D eigenvalue weighted by molar-refractivity contribution is 6.03. The van der Waals surface area contributed by atoms with Crippen molar-refractivity contribution in [3.63, 3.8) is 0 Å². The van der Waals surface area contributed by atoms with Crippen LogP contribution in [0.25, 0.3) is 5.76 Å². The molecule has 0 radical (unpaired) electrons. The first kappa shape index (κ1) is 24.8. The third kappa shape index (κ3) is 5.81. The van der Waals surface area contributed by atoms with Crippen LogP contribution >= 0.6 is 0 Å². The first-order valence-corrected chi connectivity index (χ1v) is 9.88. The number of aliphatic hydroxyl groups excluding tert-OH is 1. The summed E-state index contributed by atoms with van der Waals surface area (Å²) in [5, 5.41) is 39.0. The maximum absolute atomic E-state index is 12.7. The summed E-state index contributed by atoms with van der Waals surface area (Å²) in [5.74, 6) is -1.28. The normalized spacial score (nSPS) is 11.0. The lowest BCUT2D eigenvalue weighted by Gasteiger charge is -2.18. The molecule has 0 heterocycles. The number of aromatic hydroxyl groups is 1. The molecule has 2 rings (SSSR count). The molecule has 0 aliphatic carbocycles. The van der Waals surface area contributed by atoms with E-state index in [-0.39, 0.29) is 35.9 Å². The van der Waals surface area contributed by atoms with E-state index in [2.05, 4.69) is 0 Å². The van der Waals surface area contributed by atoms with Gasteiger partial charge in [0.15, 0.2) is 5.57 Å². The molecule has 0 spiro atoms. The van der Waals surface area contributed by atoms with Crippen LogP contribution in [0.4, 0.5) is 0 Å². The Morgan fingerprint density at radius 2 is 1.79 bits per heavy atom. The number of carbonyl (C=O) groups excluding carboxylic acids is 2. The Labute approximate surface area is 192 Å². The van der Waals surface area contributed by atoms with E-state index in [9.17, 15) is 25.1 Å². The first-order valence-electron chi connectivity index (χ1n) is 9.88. The van der Waals surface area contributed by atoms with Crippen molar-refractivity contribution in [2.75, 3.05) is 34.3 Å². The van der Waals surface area contributed by atoms with Crippen molar-refractivity contribution >= 4 is 17.6 Å². The number of carbonyl (C=O) groups is 2. The van der Waals surface area contributed by atoms with E-state index in [4.69, 9.17) is 10.00 Å². The standard InChI is InChI=1S/C24H24N4O5/c1-15-10-17(11-18(13-25)21(15)29)22(30)20(14-26)24(32)28(4)8-9-33-19-7-5-6-16(12-19)23(31)27(2)3/h5-7,10-12,29-30H,8-9H2,1-4H3/b22-20-. The van der Waals surface area contributed by atoms with Gasteiger partial charge in [0.1, 0.15) is 36.0 Å². The SMILES string of the molecule is Cc1cc(/C(O)=C(\C#N)C(=O)N(C)CCOc2cccc(C(=O)N(C)C)c2)cc(C#N)c1O. The maximum atomic E-state index is 12.7. The molecule has 170 valence electrons. The molecule has 33 heavy (non-hydrogen) atoms. The van der Waals surface area contributed by atoms with Gasteiger partial charge in [0.2, 0.25) is 0 Å². The molecule has 0 fully saturated rings. The van der Waals surface area contributed by atoms with Crippen molar-refractivity contribution in [2.24, 2.45) is 0 Å². The van der Waals surface area contributed by atoms with Crippen molar-refractivity contribution < 1.29 is 24.5 Å². The van der Waals surface area contributed by atoms with Crippen LogP contribution in [0.15, 0.2) is 42.0 Å². The highest BCUT2D eigenvalue weighted by atomic mass is 16.5. The van der Waals surface area contributed by atoms with Crippen LogP contribution < -0.4 is 4.74 Å². The zero-order valence-electron chi connectivity index (χ0n) is 18.8. The van der Waals surface area contributed by atoms with Gasteiger partial charge >= 0.3 is 0 Å². The van der Waals surface area contributed by atoms with Gasteiger partial charge in [-0.3, -0.25) is 9.59 Å².